The number of ether oxygens (including phenoxy) is 2. The van der Waals surface area contributed by atoms with Crippen molar-refractivity contribution in [1.29, 1.82) is 0 Å². The third kappa shape index (κ3) is 2.86. The standard InChI is InChI=1S/C16H21NO5/c1-9-5-13(21-3)14(22-4)7-12(9)10(2)17-8-11(16(19)20)6-15(17)18/h5,7,10-11H,6,8H2,1-4H3,(H,19,20)/t10-,11+/m0/s1. The van der Waals surface area contributed by atoms with Crippen LogP contribution in [0.2, 0.25) is 0 Å². The molecular formula is C16H21NO5. The van der Waals surface area contributed by atoms with E-state index in [4.69, 9.17) is 14.6 Å². The number of carbonyl (C=O) groups is 2. The molecule has 6 nitrogen and oxygen atoms in total. The number of hydrogen-bond acceptors (Lipinski definition) is 4. The van der Waals surface area contributed by atoms with Crippen LogP contribution in [0, 0.1) is 12.8 Å². The summed E-state index contributed by atoms with van der Waals surface area (Å²) in [6, 6.07) is 3.50. The van der Waals surface area contributed by atoms with Crippen molar-refractivity contribution < 1.29 is 24.2 Å². The monoisotopic (exact) mass is 307 g/mol. The Hall–Kier alpha value is -2.24. The van der Waals surface area contributed by atoms with E-state index in [0.29, 0.717) is 11.5 Å². The lowest BCUT2D eigenvalue weighted by molar-refractivity contribution is -0.141. The average Bonchev–Trinajstić information content (AvgIpc) is 2.88. The molecule has 2 atom stereocenters. The van der Waals surface area contributed by atoms with Crippen LogP contribution in [0.25, 0.3) is 0 Å². The molecule has 0 aliphatic carbocycles. The Kier molecular flexibility index (Phi) is 4.59. The van der Waals surface area contributed by atoms with Gasteiger partial charge in [0.15, 0.2) is 11.5 Å². The normalized spacial score (nSPS) is 19.2. The highest BCUT2D eigenvalue weighted by molar-refractivity contribution is 5.86. The first-order chi connectivity index (χ1) is 10.4. The molecule has 1 fully saturated rings. The molecule has 1 aromatic carbocycles. The minimum atomic E-state index is -0.924. The lowest BCUT2D eigenvalue weighted by Gasteiger charge is -2.27. The van der Waals surface area contributed by atoms with Crippen molar-refractivity contribution in [2.24, 2.45) is 5.92 Å². The van der Waals surface area contributed by atoms with Crippen LogP contribution in [-0.4, -0.2) is 42.6 Å². The number of methoxy groups -OCH3 is 2. The minimum Gasteiger partial charge on any atom is -0.493 e. The van der Waals surface area contributed by atoms with Gasteiger partial charge in [-0.1, -0.05) is 0 Å². The first kappa shape index (κ1) is 16.1. The van der Waals surface area contributed by atoms with Crippen molar-refractivity contribution in [3.8, 4) is 11.5 Å². The van der Waals surface area contributed by atoms with Crippen LogP contribution in [0.1, 0.15) is 30.5 Å². The molecule has 1 aliphatic heterocycles. The molecule has 1 saturated heterocycles. The number of hydrogen-bond donors (Lipinski definition) is 1. The van der Waals surface area contributed by atoms with Crippen molar-refractivity contribution in [3.63, 3.8) is 0 Å². The zero-order chi connectivity index (χ0) is 16.4. The third-order valence-electron chi connectivity index (χ3n) is 4.20. The molecule has 1 N–H and O–H groups in total. The second-order valence-electron chi connectivity index (χ2n) is 5.53. The topological polar surface area (TPSA) is 76.1 Å². The summed E-state index contributed by atoms with van der Waals surface area (Å²) in [4.78, 5) is 24.8. The van der Waals surface area contributed by atoms with Crippen molar-refractivity contribution in [2.75, 3.05) is 20.8 Å². The molecule has 1 aliphatic rings. The van der Waals surface area contributed by atoms with E-state index in [1.54, 1.807) is 19.1 Å². The van der Waals surface area contributed by atoms with Crippen LogP contribution in [0.15, 0.2) is 12.1 Å². The Balaban J connectivity index is 2.31. The number of likely N-dealkylation sites (tertiary alicyclic amines) is 1. The van der Waals surface area contributed by atoms with E-state index in [2.05, 4.69) is 0 Å². The van der Waals surface area contributed by atoms with E-state index in [1.807, 2.05) is 26.0 Å². The summed E-state index contributed by atoms with van der Waals surface area (Å²) < 4.78 is 10.6. The Morgan fingerprint density at radius 3 is 2.41 bits per heavy atom. The zero-order valence-electron chi connectivity index (χ0n) is 13.3. The summed E-state index contributed by atoms with van der Waals surface area (Å²) >= 11 is 0. The van der Waals surface area contributed by atoms with E-state index in [1.165, 1.54) is 0 Å². The highest BCUT2D eigenvalue weighted by Gasteiger charge is 2.37. The van der Waals surface area contributed by atoms with Gasteiger partial charge in [-0.2, -0.15) is 0 Å². The number of carbonyl (C=O) groups excluding carboxylic acids is 1. The van der Waals surface area contributed by atoms with Crippen molar-refractivity contribution in [3.05, 3.63) is 23.3 Å². The predicted molar refractivity (Wildman–Crippen MR) is 80.2 cm³/mol. The SMILES string of the molecule is COc1cc(C)c([C@H](C)N2C[C@H](C(=O)O)CC2=O)cc1OC. The summed E-state index contributed by atoms with van der Waals surface area (Å²) in [5, 5.41) is 9.09. The van der Waals surface area contributed by atoms with Gasteiger partial charge in [-0.3, -0.25) is 9.59 Å². The van der Waals surface area contributed by atoms with E-state index >= 15 is 0 Å². The van der Waals surface area contributed by atoms with Crippen LogP contribution in [0.5, 0.6) is 11.5 Å². The van der Waals surface area contributed by atoms with Crippen LogP contribution in [0.4, 0.5) is 0 Å². The van der Waals surface area contributed by atoms with Gasteiger partial charge in [0, 0.05) is 13.0 Å². The molecule has 1 aromatic rings. The maximum Gasteiger partial charge on any atom is 0.308 e. The molecule has 0 bridgehead atoms. The zero-order valence-corrected chi connectivity index (χ0v) is 13.3. The number of aryl methyl sites for hydroxylation is 1. The fourth-order valence-corrected chi connectivity index (χ4v) is 2.89. The van der Waals surface area contributed by atoms with Crippen molar-refractivity contribution >= 4 is 11.9 Å². The van der Waals surface area contributed by atoms with Crippen molar-refractivity contribution in [2.45, 2.75) is 26.3 Å². The van der Waals surface area contributed by atoms with E-state index in [9.17, 15) is 9.59 Å². The summed E-state index contributed by atoms with van der Waals surface area (Å²) in [6.45, 7) is 4.07. The molecule has 22 heavy (non-hydrogen) atoms. The van der Waals surface area contributed by atoms with Crippen LogP contribution >= 0.6 is 0 Å². The number of aliphatic carboxylic acids is 1. The molecule has 1 heterocycles. The molecular weight excluding hydrogens is 286 g/mol. The molecule has 0 aromatic heterocycles. The maximum absolute atomic E-state index is 12.1. The summed E-state index contributed by atoms with van der Waals surface area (Å²) in [5.74, 6) is -0.458. The Bertz CT molecular complexity index is 598. The Labute approximate surface area is 129 Å². The number of carboxylic acid groups (broad SMARTS) is 1. The first-order valence-corrected chi connectivity index (χ1v) is 7.13. The molecule has 2 rings (SSSR count). The van der Waals surface area contributed by atoms with Gasteiger partial charge in [0.25, 0.3) is 0 Å². The van der Waals surface area contributed by atoms with E-state index < -0.39 is 11.9 Å². The molecule has 0 radical (unpaired) electrons. The molecule has 0 unspecified atom stereocenters. The summed E-state index contributed by atoms with van der Waals surface area (Å²) in [7, 11) is 3.13. The maximum atomic E-state index is 12.1. The number of benzene rings is 1. The number of amides is 1. The largest absolute Gasteiger partial charge is 0.493 e. The van der Waals surface area contributed by atoms with Gasteiger partial charge in [-0.25, -0.2) is 0 Å². The third-order valence-corrected chi connectivity index (χ3v) is 4.20. The van der Waals surface area contributed by atoms with E-state index in [0.717, 1.165) is 11.1 Å². The molecule has 6 heteroatoms. The van der Waals surface area contributed by atoms with Gasteiger partial charge in [0.05, 0.1) is 26.2 Å². The van der Waals surface area contributed by atoms with Gasteiger partial charge in [-0.05, 0) is 37.1 Å². The molecule has 120 valence electrons. The fraction of sp³-hybridized carbons (Fsp3) is 0.500. The quantitative estimate of drug-likeness (QED) is 0.900. The lowest BCUT2D eigenvalue weighted by atomic mass is 10.0. The minimum absolute atomic E-state index is 0.0615. The molecule has 0 saturated carbocycles. The predicted octanol–water partition coefficient (Wildman–Crippen LogP) is 2.01. The van der Waals surface area contributed by atoms with Crippen LogP contribution < -0.4 is 9.47 Å². The Morgan fingerprint density at radius 2 is 1.91 bits per heavy atom. The summed E-state index contributed by atoms with van der Waals surface area (Å²) in [5.41, 5.74) is 1.90. The van der Waals surface area contributed by atoms with Gasteiger partial charge < -0.3 is 19.5 Å². The molecule has 1 amide bonds. The average molecular weight is 307 g/mol. The highest BCUT2D eigenvalue weighted by atomic mass is 16.5. The van der Waals surface area contributed by atoms with Crippen LogP contribution in [-0.2, 0) is 9.59 Å². The Morgan fingerprint density at radius 1 is 1.32 bits per heavy atom. The highest BCUT2D eigenvalue weighted by Crippen LogP contribution is 2.36. The van der Waals surface area contributed by atoms with Gasteiger partial charge in [0.1, 0.15) is 0 Å². The second kappa shape index (κ2) is 6.25. The van der Waals surface area contributed by atoms with Gasteiger partial charge >= 0.3 is 5.97 Å². The van der Waals surface area contributed by atoms with E-state index in [-0.39, 0.29) is 24.9 Å². The number of carboxylic acids is 1. The fourth-order valence-electron chi connectivity index (χ4n) is 2.89. The lowest BCUT2D eigenvalue weighted by Crippen LogP contribution is -2.29. The number of rotatable bonds is 5. The van der Waals surface area contributed by atoms with Crippen LogP contribution in [0.3, 0.4) is 0 Å². The number of nitrogens with zero attached hydrogens (tertiary/aromatic N) is 1. The first-order valence-electron chi connectivity index (χ1n) is 7.13. The van der Waals surface area contributed by atoms with Crippen molar-refractivity contribution in [1.82, 2.24) is 4.90 Å². The van der Waals surface area contributed by atoms with Gasteiger partial charge in [0.2, 0.25) is 5.91 Å². The van der Waals surface area contributed by atoms with Gasteiger partial charge in [-0.15, -0.1) is 0 Å². The second-order valence-corrected chi connectivity index (χ2v) is 5.53. The smallest absolute Gasteiger partial charge is 0.308 e. The molecule has 0 spiro atoms. The summed E-state index contributed by atoms with van der Waals surface area (Å²) in [6.07, 6.45) is 0.0615.